The topological polar surface area (TPSA) is 110 Å². The van der Waals surface area contributed by atoms with Gasteiger partial charge in [-0.05, 0) is 29.5 Å². The molecule has 8 nitrogen and oxygen atoms in total. The summed E-state index contributed by atoms with van der Waals surface area (Å²) in [6, 6.07) is 6.23. The highest BCUT2D eigenvalue weighted by molar-refractivity contribution is 6.01. The average Bonchev–Trinajstić information content (AvgIpc) is 2.92. The van der Waals surface area contributed by atoms with Crippen LogP contribution in [0.15, 0.2) is 24.3 Å². The second-order valence-corrected chi connectivity index (χ2v) is 3.26. The molecule has 0 unspecified atom stereocenters. The predicted molar refractivity (Wildman–Crippen MR) is 59.9 cm³/mol. The lowest BCUT2D eigenvalue weighted by atomic mass is 10.2. The first-order valence-electron chi connectivity index (χ1n) is 4.94. The molecule has 2 aromatic rings. The quantitative estimate of drug-likeness (QED) is 0.751. The second kappa shape index (κ2) is 5.04. The second-order valence-electron chi connectivity index (χ2n) is 3.26. The van der Waals surface area contributed by atoms with E-state index in [0.717, 1.165) is 0 Å². The fourth-order valence-corrected chi connectivity index (χ4v) is 1.25. The maximum absolute atomic E-state index is 11.6. The summed E-state index contributed by atoms with van der Waals surface area (Å²) in [7, 11) is 1.30. The molecule has 1 amide bonds. The summed E-state index contributed by atoms with van der Waals surface area (Å²) in [4.78, 5) is 22.8. The van der Waals surface area contributed by atoms with E-state index < -0.39 is 11.9 Å². The molecular formula is C10H9N5O3. The Morgan fingerprint density at radius 2 is 2.00 bits per heavy atom. The first-order chi connectivity index (χ1) is 8.70. The number of ether oxygens (including phenoxy) is 1. The van der Waals surface area contributed by atoms with Gasteiger partial charge in [-0.25, -0.2) is 4.79 Å². The van der Waals surface area contributed by atoms with E-state index in [2.05, 4.69) is 30.7 Å². The number of nitrogens with zero attached hydrogens (tertiary/aromatic N) is 3. The average molecular weight is 247 g/mol. The highest BCUT2D eigenvalue weighted by atomic mass is 16.5. The van der Waals surface area contributed by atoms with Gasteiger partial charge in [-0.15, -0.1) is 10.2 Å². The van der Waals surface area contributed by atoms with E-state index >= 15 is 0 Å². The number of benzene rings is 1. The Bertz CT molecular complexity index is 549. The molecule has 0 bridgehead atoms. The smallest absolute Gasteiger partial charge is 0.337 e. The molecule has 0 spiro atoms. The van der Waals surface area contributed by atoms with E-state index in [9.17, 15) is 9.59 Å². The molecule has 0 saturated carbocycles. The van der Waals surface area contributed by atoms with Gasteiger partial charge in [0.05, 0.1) is 12.7 Å². The number of carbonyl (C=O) groups excluding carboxylic acids is 2. The van der Waals surface area contributed by atoms with Crippen molar-refractivity contribution in [3.05, 3.63) is 35.7 Å². The van der Waals surface area contributed by atoms with E-state index in [0.29, 0.717) is 11.3 Å². The first-order valence-corrected chi connectivity index (χ1v) is 4.94. The lowest BCUT2D eigenvalue weighted by Crippen LogP contribution is -2.14. The molecule has 0 radical (unpaired) electrons. The summed E-state index contributed by atoms with van der Waals surface area (Å²) in [5.41, 5.74) is 0.910. The maximum Gasteiger partial charge on any atom is 0.337 e. The Morgan fingerprint density at radius 1 is 1.28 bits per heavy atom. The fraction of sp³-hybridized carbons (Fsp3) is 0.100. The van der Waals surface area contributed by atoms with Gasteiger partial charge < -0.3 is 10.1 Å². The van der Waals surface area contributed by atoms with Crippen molar-refractivity contribution >= 4 is 17.6 Å². The zero-order chi connectivity index (χ0) is 13.0. The van der Waals surface area contributed by atoms with Crippen molar-refractivity contribution in [3.63, 3.8) is 0 Å². The normalized spacial score (nSPS) is 9.83. The molecule has 8 heteroatoms. The van der Waals surface area contributed by atoms with Crippen LogP contribution in [0.25, 0.3) is 0 Å². The third kappa shape index (κ3) is 2.48. The lowest BCUT2D eigenvalue weighted by molar-refractivity contribution is 0.0600. The van der Waals surface area contributed by atoms with Gasteiger partial charge in [-0.1, -0.05) is 0 Å². The highest BCUT2D eigenvalue weighted by Crippen LogP contribution is 2.10. The van der Waals surface area contributed by atoms with E-state index in [1.165, 1.54) is 19.2 Å². The van der Waals surface area contributed by atoms with E-state index in [4.69, 9.17) is 0 Å². The van der Waals surface area contributed by atoms with Crippen molar-refractivity contribution in [1.82, 2.24) is 20.6 Å². The zero-order valence-electron chi connectivity index (χ0n) is 9.38. The van der Waals surface area contributed by atoms with Gasteiger partial charge in [0.25, 0.3) is 11.7 Å². The van der Waals surface area contributed by atoms with Crippen molar-refractivity contribution in [3.8, 4) is 0 Å². The number of tetrazole rings is 1. The van der Waals surface area contributed by atoms with Crippen LogP contribution in [0, 0.1) is 0 Å². The summed E-state index contributed by atoms with van der Waals surface area (Å²) >= 11 is 0. The van der Waals surface area contributed by atoms with E-state index in [1.54, 1.807) is 12.1 Å². The largest absolute Gasteiger partial charge is 0.465 e. The van der Waals surface area contributed by atoms with E-state index in [1.807, 2.05) is 0 Å². The Kier molecular flexibility index (Phi) is 3.28. The van der Waals surface area contributed by atoms with Crippen LogP contribution in [0.2, 0.25) is 0 Å². The summed E-state index contributed by atoms with van der Waals surface area (Å²) in [6.07, 6.45) is 0. The molecule has 2 rings (SSSR count). The van der Waals surface area contributed by atoms with Gasteiger partial charge in [-0.3, -0.25) is 4.79 Å². The number of hydrogen-bond donors (Lipinski definition) is 2. The third-order valence-corrected chi connectivity index (χ3v) is 2.11. The molecule has 1 aromatic carbocycles. The number of amides is 1. The van der Waals surface area contributed by atoms with Crippen LogP contribution >= 0.6 is 0 Å². The Labute approximate surface area is 101 Å². The Hall–Kier alpha value is -2.77. The maximum atomic E-state index is 11.6. The number of esters is 1. The van der Waals surface area contributed by atoms with Gasteiger partial charge >= 0.3 is 5.97 Å². The number of methoxy groups -OCH3 is 1. The molecule has 92 valence electrons. The predicted octanol–water partition coefficient (Wildman–Crippen LogP) is 0.239. The van der Waals surface area contributed by atoms with Crippen LogP contribution in [0.1, 0.15) is 21.0 Å². The fourth-order valence-electron chi connectivity index (χ4n) is 1.25. The molecule has 0 saturated heterocycles. The van der Waals surface area contributed by atoms with Crippen molar-refractivity contribution in [2.24, 2.45) is 0 Å². The van der Waals surface area contributed by atoms with Gasteiger partial charge in [0.15, 0.2) is 0 Å². The number of rotatable bonds is 3. The van der Waals surface area contributed by atoms with Crippen LogP contribution < -0.4 is 5.32 Å². The van der Waals surface area contributed by atoms with Crippen LogP contribution in [0.4, 0.5) is 5.69 Å². The number of aromatic amines is 1. The van der Waals surface area contributed by atoms with Gasteiger partial charge in [-0.2, -0.15) is 5.21 Å². The van der Waals surface area contributed by atoms with Crippen LogP contribution in [-0.4, -0.2) is 39.6 Å². The molecule has 1 aromatic heterocycles. The summed E-state index contributed by atoms with van der Waals surface area (Å²) in [5.74, 6) is -0.993. The number of aromatic nitrogens is 4. The van der Waals surface area contributed by atoms with Gasteiger partial charge in [0.2, 0.25) is 0 Å². The lowest BCUT2D eigenvalue weighted by Gasteiger charge is -2.03. The minimum Gasteiger partial charge on any atom is -0.465 e. The molecular weight excluding hydrogens is 238 g/mol. The molecule has 0 aliphatic carbocycles. The van der Waals surface area contributed by atoms with E-state index in [-0.39, 0.29) is 5.82 Å². The molecule has 0 aliphatic heterocycles. The number of carbonyl (C=O) groups is 2. The number of anilines is 1. The first kappa shape index (κ1) is 11.7. The third-order valence-electron chi connectivity index (χ3n) is 2.11. The van der Waals surface area contributed by atoms with Crippen molar-refractivity contribution in [2.75, 3.05) is 12.4 Å². The summed E-state index contributed by atoms with van der Waals surface area (Å²) in [6.45, 7) is 0. The molecule has 0 aliphatic rings. The number of H-pyrrole nitrogens is 1. The Morgan fingerprint density at radius 3 is 2.56 bits per heavy atom. The molecule has 18 heavy (non-hydrogen) atoms. The zero-order valence-corrected chi connectivity index (χ0v) is 9.38. The number of nitrogens with one attached hydrogen (secondary N) is 2. The molecule has 2 N–H and O–H groups in total. The molecule has 0 atom stereocenters. The Balaban J connectivity index is 2.07. The van der Waals surface area contributed by atoms with Gasteiger partial charge in [0.1, 0.15) is 0 Å². The van der Waals surface area contributed by atoms with Crippen molar-refractivity contribution in [1.29, 1.82) is 0 Å². The SMILES string of the molecule is COC(=O)c1ccc(NC(=O)c2nn[nH]n2)cc1. The van der Waals surface area contributed by atoms with Crippen LogP contribution in [0.5, 0.6) is 0 Å². The van der Waals surface area contributed by atoms with Crippen molar-refractivity contribution < 1.29 is 14.3 Å². The molecule has 1 heterocycles. The summed E-state index contributed by atoms with van der Waals surface area (Å²) < 4.78 is 4.56. The minimum atomic E-state index is -0.491. The van der Waals surface area contributed by atoms with Crippen LogP contribution in [-0.2, 0) is 4.74 Å². The summed E-state index contributed by atoms with van der Waals surface area (Å²) in [5, 5.41) is 15.1. The highest BCUT2D eigenvalue weighted by Gasteiger charge is 2.11. The number of hydrogen-bond acceptors (Lipinski definition) is 6. The molecule has 0 fully saturated rings. The monoisotopic (exact) mass is 247 g/mol. The minimum absolute atomic E-state index is 0.0629. The van der Waals surface area contributed by atoms with Crippen LogP contribution in [0.3, 0.4) is 0 Å². The standard InChI is InChI=1S/C10H9N5O3/c1-18-10(17)6-2-4-7(5-3-6)11-9(16)8-12-14-15-13-8/h2-5H,1H3,(H,11,16)(H,12,13,14,15). The van der Waals surface area contributed by atoms with Crippen molar-refractivity contribution in [2.45, 2.75) is 0 Å². The van der Waals surface area contributed by atoms with Gasteiger partial charge in [0, 0.05) is 5.69 Å².